The number of likely N-dealkylation sites (tertiary alicyclic amines) is 1. The van der Waals surface area contributed by atoms with Crippen molar-refractivity contribution in [2.75, 3.05) is 43.1 Å². The fourth-order valence-corrected chi connectivity index (χ4v) is 4.78. The number of urea groups is 1. The summed E-state index contributed by atoms with van der Waals surface area (Å²) in [6, 6.07) is 15.9. The van der Waals surface area contributed by atoms with Crippen LogP contribution in [0, 0.1) is 11.2 Å². The van der Waals surface area contributed by atoms with Crippen molar-refractivity contribution < 1.29 is 41.0 Å². The average Bonchev–Trinajstić information content (AvgIpc) is 3.81. The number of carbonyl (C=O) groups is 3. The lowest BCUT2D eigenvalue weighted by Gasteiger charge is -2.34. The molecule has 5 N–H and O–H groups in total. The van der Waals surface area contributed by atoms with Crippen molar-refractivity contribution in [2.45, 2.75) is 31.7 Å². The summed E-state index contributed by atoms with van der Waals surface area (Å²) in [7, 11) is -0.825. The number of rotatable bonds is 8. The smallest absolute Gasteiger partial charge is 0.394 e. The first-order valence-electron chi connectivity index (χ1n) is 14.3. The number of hydrogen-bond acceptors (Lipinski definition) is 8. The Labute approximate surface area is 265 Å². The monoisotopic (exact) mass is 658 g/mol. The Hall–Kier alpha value is -4.64. The zero-order chi connectivity index (χ0) is 33.5. The average molecular weight is 659 g/mol. The summed E-state index contributed by atoms with van der Waals surface area (Å²) in [6.45, 7) is 1.88. The highest BCUT2D eigenvalue weighted by atomic mass is 32.3. The van der Waals surface area contributed by atoms with Crippen LogP contribution in [0.2, 0.25) is 0 Å². The molecule has 2 heterocycles. The van der Waals surface area contributed by atoms with Gasteiger partial charge in [0.2, 0.25) is 11.8 Å². The van der Waals surface area contributed by atoms with Gasteiger partial charge in [0.15, 0.2) is 0 Å². The molecule has 4 amide bonds. The lowest BCUT2D eigenvalue weighted by molar-refractivity contribution is -0.131. The normalized spacial score (nSPS) is 15.8. The molecular formula is C30H35FN6O8S. The van der Waals surface area contributed by atoms with Gasteiger partial charge in [0, 0.05) is 37.1 Å². The molecule has 1 aliphatic heterocycles. The molecule has 2 aromatic carbocycles. The maximum absolute atomic E-state index is 14.9. The summed E-state index contributed by atoms with van der Waals surface area (Å²) >= 11 is 0. The Kier molecular flexibility index (Phi) is 10.9. The SMILES string of the molecule is CN1CCC(N(C)C(=O)Nc2cc(Oc3ccc(NC(=O)C4(C(=O)Nc5ccccc5)CC4)c(F)c3)ccn2)CC1.O=S(=O)(O)O. The third kappa shape index (κ3) is 9.68. The molecule has 0 atom stereocenters. The lowest BCUT2D eigenvalue weighted by atomic mass is 10.0. The molecule has 46 heavy (non-hydrogen) atoms. The lowest BCUT2D eigenvalue weighted by Crippen LogP contribution is -2.46. The van der Waals surface area contributed by atoms with Crippen LogP contribution < -0.4 is 20.7 Å². The van der Waals surface area contributed by atoms with E-state index in [1.807, 2.05) is 6.07 Å². The molecule has 2 fully saturated rings. The van der Waals surface area contributed by atoms with Gasteiger partial charge in [-0.15, -0.1) is 0 Å². The van der Waals surface area contributed by atoms with E-state index in [0.717, 1.165) is 32.0 Å². The van der Waals surface area contributed by atoms with E-state index in [4.69, 9.17) is 22.3 Å². The van der Waals surface area contributed by atoms with Gasteiger partial charge in [-0.2, -0.15) is 8.42 Å². The summed E-state index contributed by atoms with van der Waals surface area (Å²) < 4.78 is 52.3. The van der Waals surface area contributed by atoms with Crippen LogP contribution in [0.15, 0.2) is 66.9 Å². The minimum absolute atomic E-state index is 0.0549. The van der Waals surface area contributed by atoms with Gasteiger partial charge in [-0.25, -0.2) is 14.2 Å². The number of hydrogen-bond donors (Lipinski definition) is 5. The van der Waals surface area contributed by atoms with E-state index in [1.54, 1.807) is 48.3 Å². The number of anilines is 3. The number of halogens is 1. The van der Waals surface area contributed by atoms with Crippen LogP contribution in [0.25, 0.3) is 0 Å². The van der Waals surface area contributed by atoms with Crippen molar-refractivity contribution in [1.82, 2.24) is 14.8 Å². The number of benzene rings is 2. The number of amides is 4. The van der Waals surface area contributed by atoms with Crippen LogP contribution in [-0.4, -0.2) is 83.4 Å². The van der Waals surface area contributed by atoms with E-state index in [-0.39, 0.29) is 23.5 Å². The summed E-state index contributed by atoms with van der Waals surface area (Å²) in [5.41, 5.74) is -0.690. The molecule has 1 saturated heterocycles. The van der Waals surface area contributed by atoms with E-state index in [2.05, 4.69) is 32.9 Å². The maximum atomic E-state index is 14.9. The second kappa shape index (κ2) is 14.6. The molecule has 5 rings (SSSR count). The van der Waals surface area contributed by atoms with Crippen LogP contribution in [-0.2, 0) is 20.0 Å². The zero-order valence-electron chi connectivity index (χ0n) is 25.1. The maximum Gasteiger partial charge on any atom is 0.394 e. The summed E-state index contributed by atoms with van der Waals surface area (Å²) in [5, 5.41) is 8.09. The van der Waals surface area contributed by atoms with Crippen molar-refractivity contribution in [1.29, 1.82) is 0 Å². The second-order valence-corrected chi connectivity index (χ2v) is 11.9. The largest absolute Gasteiger partial charge is 0.457 e. The Morgan fingerprint density at radius 2 is 1.57 bits per heavy atom. The number of para-hydroxylation sites is 1. The molecule has 16 heteroatoms. The Morgan fingerprint density at radius 3 is 2.17 bits per heavy atom. The van der Waals surface area contributed by atoms with Gasteiger partial charge in [-0.1, -0.05) is 18.2 Å². The molecule has 1 aliphatic carbocycles. The van der Waals surface area contributed by atoms with E-state index < -0.39 is 33.4 Å². The molecule has 0 spiro atoms. The summed E-state index contributed by atoms with van der Waals surface area (Å²) in [6.07, 6.45) is 4.06. The second-order valence-electron chi connectivity index (χ2n) is 11.0. The fraction of sp³-hybridized carbons (Fsp3) is 0.333. The van der Waals surface area contributed by atoms with Crippen LogP contribution in [0.1, 0.15) is 25.7 Å². The first kappa shape index (κ1) is 34.2. The number of ether oxygens (including phenoxy) is 1. The molecule has 1 saturated carbocycles. The van der Waals surface area contributed by atoms with E-state index in [9.17, 15) is 18.8 Å². The molecule has 246 valence electrons. The van der Waals surface area contributed by atoms with Crippen molar-refractivity contribution in [3.8, 4) is 11.5 Å². The van der Waals surface area contributed by atoms with E-state index in [0.29, 0.717) is 30.1 Å². The molecule has 0 unspecified atom stereocenters. The molecule has 14 nitrogen and oxygen atoms in total. The quantitative estimate of drug-likeness (QED) is 0.173. The predicted octanol–water partition coefficient (Wildman–Crippen LogP) is 4.28. The highest BCUT2D eigenvalue weighted by Gasteiger charge is 2.56. The minimum Gasteiger partial charge on any atom is -0.457 e. The van der Waals surface area contributed by atoms with Crippen molar-refractivity contribution in [3.63, 3.8) is 0 Å². The van der Waals surface area contributed by atoms with E-state index in [1.165, 1.54) is 18.3 Å². The number of pyridine rings is 1. The van der Waals surface area contributed by atoms with Gasteiger partial charge in [0.1, 0.15) is 28.5 Å². The first-order chi connectivity index (χ1) is 21.7. The number of nitrogens with one attached hydrogen (secondary N) is 3. The molecule has 1 aromatic heterocycles. The topological polar surface area (TPSA) is 190 Å². The fourth-order valence-electron chi connectivity index (χ4n) is 4.78. The third-order valence-electron chi connectivity index (χ3n) is 7.60. The van der Waals surface area contributed by atoms with Crippen molar-refractivity contribution >= 4 is 45.4 Å². The van der Waals surface area contributed by atoms with Crippen LogP contribution in [0.3, 0.4) is 0 Å². The van der Waals surface area contributed by atoms with Gasteiger partial charge in [0.25, 0.3) is 0 Å². The van der Waals surface area contributed by atoms with Crippen LogP contribution >= 0.6 is 0 Å². The van der Waals surface area contributed by atoms with Crippen LogP contribution in [0.5, 0.6) is 11.5 Å². The van der Waals surface area contributed by atoms with Gasteiger partial charge >= 0.3 is 16.4 Å². The number of piperidine rings is 1. The highest BCUT2D eigenvalue weighted by Crippen LogP contribution is 2.47. The number of carbonyl (C=O) groups excluding carboxylic acids is 3. The Bertz CT molecular complexity index is 1660. The minimum atomic E-state index is -4.67. The molecule has 3 aromatic rings. The van der Waals surface area contributed by atoms with E-state index >= 15 is 0 Å². The van der Waals surface area contributed by atoms with Gasteiger partial charge < -0.3 is 25.2 Å². The highest BCUT2D eigenvalue weighted by molar-refractivity contribution is 7.79. The van der Waals surface area contributed by atoms with Gasteiger partial charge in [0.05, 0.1) is 5.69 Å². The number of aromatic nitrogens is 1. The van der Waals surface area contributed by atoms with Gasteiger partial charge in [-0.3, -0.25) is 24.0 Å². The van der Waals surface area contributed by atoms with Crippen LogP contribution in [0.4, 0.5) is 26.4 Å². The third-order valence-corrected chi connectivity index (χ3v) is 7.60. The number of nitrogens with zero attached hydrogens (tertiary/aromatic N) is 3. The van der Waals surface area contributed by atoms with Gasteiger partial charge in [-0.05, 0) is 76.2 Å². The van der Waals surface area contributed by atoms with Crippen molar-refractivity contribution in [3.05, 3.63) is 72.7 Å². The predicted molar refractivity (Wildman–Crippen MR) is 168 cm³/mol. The molecule has 2 aliphatic rings. The first-order valence-corrected chi connectivity index (χ1v) is 15.7. The zero-order valence-corrected chi connectivity index (χ0v) is 26.0. The molecule has 0 radical (unpaired) electrons. The Morgan fingerprint density at radius 1 is 0.957 bits per heavy atom. The standard InChI is InChI=1S/C30H33FN6O4.H2O4S/c1-36-16-11-21(12-17-36)37(2)29(40)35-26-19-23(10-15-32-26)41-22-8-9-25(24(31)18-22)34-28(39)30(13-14-30)27(38)33-20-6-4-3-5-7-20;1-5(2,3)4/h3-10,15,18-19,21H,11-14,16-17H2,1-2H3,(H,33,38)(H,34,39)(H,32,35,40);(H2,1,2,3,4). The molecular weight excluding hydrogens is 623 g/mol. The Balaban J connectivity index is 0.000000892. The van der Waals surface area contributed by atoms with Crippen molar-refractivity contribution in [2.24, 2.45) is 5.41 Å². The molecule has 0 bridgehead atoms. The summed E-state index contributed by atoms with van der Waals surface area (Å²) in [4.78, 5) is 46.6. The summed E-state index contributed by atoms with van der Waals surface area (Å²) in [5.74, 6) is -0.839.